The Morgan fingerprint density at radius 2 is 1.67 bits per heavy atom. The van der Waals surface area contributed by atoms with Gasteiger partial charge in [0.25, 0.3) is 5.69 Å². The van der Waals surface area contributed by atoms with Gasteiger partial charge in [-0.1, -0.05) is 45.0 Å². The summed E-state index contributed by atoms with van der Waals surface area (Å²) in [4.78, 5) is 38.0. The van der Waals surface area contributed by atoms with Gasteiger partial charge in [0, 0.05) is 23.8 Å². The fourth-order valence-electron chi connectivity index (χ4n) is 3.45. The highest BCUT2D eigenvalue weighted by Crippen LogP contribution is 2.34. The fourth-order valence-corrected chi connectivity index (χ4v) is 3.45. The number of nitro benzene ring substituents is 2. The minimum Gasteiger partial charge on any atom is -0.450 e. The maximum Gasteiger partial charge on any atom is 0.363 e. The first-order chi connectivity index (χ1) is 17.0. The highest BCUT2D eigenvalue weighted by atomic mass is 16.6. The van der Waals surface area contributed by atoms with Crippen molar-refractivity contribution in [3.05, 3.63) is 109 Å². The number of nitro groups is 2. The summed E-state index contributed by atoms with van der Waals surface area (Å²) < 4.78 is 10.9. The monoisotopic (exact) mass is 487 g/mol. The van der Waals surface area contributed by atoms with Gasteiger partial charge in [-0.2, -0.15) is 0 Å². The molecule has 0 aliphatic carbocycles. The third-order valence-electron chi connectivity index (χ3n) is 5.36. The second kappa shape index (κ2) is 9.41. The normalized spacial score (nSPS) is 14.4. The number of rotatable bonds is 6. The van der Waals surface area contributed by atoms with E-state index in [0.717, 1.165) is 5.56 Å². The molecule has 4 rings (SSSR count). The lowest BCUT2D eigenvalue weighted by atomic mass is 9.87. The lowest BCUT2D eigenvalue weighted by molar-refractivity contribution is -0.385. The van der Waals surface area contributed by atoms with Crippen molar-refractivity contribution in [1.29, 1.82) is 0 Å². The van der Waals surface area contributed by atoms with Crippen LogP contribution in [0.2, 0.25) is 0 Å². The zero-order valence-electron chi connectivity index (χ0n) is 19.6. The zero-order valence-corrected chi connectivity index (χ0v) is 19.6. The largest absolute Gasteiger partial charge is 0.450 e. The van der Waals surface area contributed by atoms with Crippen LogP contribution in [-0.2, 0) is 14.9 Å². The second-order valence-corrected chi connectivity index (χ2v) is 9.00. The summed E-state index contributed by atoms with van der Waals surface area (Å²) in [5, 5.41) is 22.7. The minimum absolute atomic E-state index is 0.0421. The molecule has 10 heteroatoms. The molecule has 0 unspecified atom stereocenters. The summed E-state index contributed by atoms with van der Waals surface area (Å²) in [6.45, 7) is 6.24. The molecule has 0 amide bonds. The summed E-state index contributed by atoms with van der Waals surface area (Å²) in [6.07, 6.45) is 1.33. The van der Waals surface area contributed by atoms with Crippen molar-refractivity contribution in [2.75, 3.05) is 0 Å². The van der Waals surface area contributed by atoms with Crippen LogP contribution in [0, 0.1) is 20.2 Å². The average Bonchev–Trinajstić information content (AvgIpc) is 3.20. The smallest absolute Gasteiger partial charge is 0.363 e. The lowest BCUT2D eigenvalue weighted by Crippen LogP contribution is -2.10. The van der Waals surface area contributed by atoms with Crippen LogP contribution in [0.3, 0.4) is 0 Å². The van der Waals surface area contributed by atoms with Crippen molar-refractivity contribution in [2.45, 2.75) is 26.2 Å². The molecule has 1 aliphatic heterocycles. The van der Waals surface area contributed by atoms with Gasteiger partial charge in [-0.05, 0) is 46.9 Å². The number of hydrogen-bond acceptors (Lipinski definition) is 8. The number of nitrogens with zero attached hydrogens (tertiary/aromatic N) is 3. The summed E-state index contributed by atoms with van der Waals surface area (Å²) in [5.41, 5.74) is 1.07. The van der Waals surface area contributed by atoms with Crippen LogP contribution in [0.15, 0.2) is 77.4 Å². The minimum atomic E-state index is -0.779. The Balaban J connectivity index is 1.61. The molecule has 0 bridgehead atoms. The van der Waals surface area contributed by atoms with Crippen LogP contribution in [0.4, 0.5) is 11.4 Å². The van der Waals surface area contributed by atoms with Crippen LogP contribution in [0.5, 0.6) is 11.5 Å². The first kappa shape index (κ1) is 24.3. The molecule has 1 heterocycles. The van der Waals surface area contributed by atoms with Crippen molar-refractivity contribution in [3.63, 3.8) is 0 Å². The molecular weight excluding hydrogens is 466 g/mol. The number of benzene rings is 3. The van der Waals surface area contributed by atoms with E-state index in [0.29, 0.717) is 11.3 Å². The van der Waals surface area contributed by atoms with Gasteiger partial charge in [0.05, 0.1) is 9.85 Å². The van der Waals surface area contributed by atoms with E-state index in [1.54, 1.807) is 18.2 Å². The number of cyclic esters (lactones) is 1. The van der Waals surface area contributed by atoms with E-state index < -0.39 is 15.8 Å². The maximum atomic E-state index is 12.3. The van der Waals surface area contributed by atoms with Crippen molar-refractivity contribution < 1.29 is 24.1 Å². The molecule has 0 spiro atoms. The van der Waals surface area contributed by atoms with Gasteiger partial charge < -0.3 is 9.47 Å². The molecule has 36 heavy (non-hydrogen) atoms. The molecule has 182 valence electrons. The molecule has 10 nitrogen and oxygen atoms in total. The molecule has 1 aliphatic rings. The fraction of sp³-hybridized carbons (Fsp3) is 0.154. The van der Waals surface area contributed by atoms with Gasteiger partial charge >= 0.3 is 11.7 Å². The Labute approximate surface area is 205 Å². The van der Waals surface area contributed by atoms with Gasteiger partial charge in [0.15, 0.2) is 5.70 Å². The van der Waals surface area contributed by atoms with E-state index in [-0.39, 0.29) is 39.7 Å². The molecular formula is C26H21N3O7. The Bertz CT molecular complexity index is 1430. The summed E-state index contributed by atoms with van der Waals surface area (Å²) in [6, 6.07) is 17.1. The average molecular weight is 487 g/mol. The Kier molecular flexibility index (Phi) is 6.35. The summed E-state index contributed by atoms with van der Waals surface area (Å²) in [5.74, 6) is -0.384. The quantitative estimate of drug-likeness (QED) is 0.182. The van der Waals surface area contributed by atoms with E-state index >= 15 is 0 Å². The highest BCUT2D eigenvalue weighted by Gasteiger charge is 2.26. The standard InChI is InChI=1S/C26H21N3O7/c1-26(2,3)18-8-10-20(11-9-18)35-23-12-7-16(14-22(23)29(33)34)13-21-25(30)36-24(27-21)17-5-4-6-19(15-17)28(31)32/h4-15H,1-3H3/b21-13-. The van der Waals surface area contributed by atoms with Crippen LogP contribution in [0.25, 0.3) is 6.08 Å². The van der Waals surface area contributed by atoms with Crippen LogP contribution in [0.1, 0.15) is 37.5 Å². The Morgan fingerprint density at radius 1 is 0.944 bits per heavy atom. The van der Waals surface area contributed by atoms with Gasteiger partial charge in [0.1, 0.15) is 5.75 Å². The number of carbonyl (C=O) groups excluding carboxylic acids is 1. The van der Waals surface area contributed by atoms with Gasteiger partial charge in [-0.3, -0.25) is 20.2 Å². The maximum absolute atomic E-state index is 12.3. The van der Waals surface area contributed by atoms with Crippen LogP contribution < -0.4 is 4.74 Å². The van der Waals surface area contributed by atoms with Gasteiger partial charge in [0.2, 0.25) is 11.6 Å². The molecule has 3 aromatic carbocycles. The second-order valence-electron chi connectivity index (χ2n) is 9.00. The number of non-ortho nitro benzene ring substituents is 1. The van der Waals surface area contributed by atoms with Crippen molar-refractivity contribution >= 4 is 29.3 Å². The SMILES string of the molecule is CC(C)(C)c1ccc(Oc2ccc(/C=C3\N=C(c4cccc([N+](=O)[O-])c4)OC3=O)cc2[N+](=O)[O-])cc1. The molecule has 0 N–H and O–H groups in total. The predicted octanol–water partition coefficient (Wildman–Crippen LogP) is 5.94. The van der Waals surface area contributed by atoms with Crippen molar-refractivity contribution in [2.24, 2.45) is 4.99 Å². The first-order valence-corrected chi connectivity index (χ1v) is 10.9. The van der Waals surface area contributed by atoms with Gasteiger partial charge in [-0.15, -0.1) is 0 Å². The van der Waals surface area contributed by atoms with E-state index in [9.17, 15) is 25.0 Å². The first-order valence-electron chi connectivity index (χ1n) is 10.9. The molecule has 0 saturated carbocycles. The number of hydrogen-bond donors (Lipinski definition) is 0. The predicted molar refractivity (Wildman–Crippen MR) is 132 cm³/mol. The number of esters is 1. The molecule has 0 saturated heterocycles. The Hall–Kier alpha value is -4.86. The number of carbonyl (C=O) groups is 1. The van der Waals surface area contributed by atoms with E-state index in [2.05, 4.69) is 25.8 Å². The number of aliphatic imine (C=N–C) groups is 1. The molecule has 0 fully saturated rings. The van der Waals surface area contributed by atoms with Gasteiger partial charge in [-0.25, -0.2) is 9.79 Å². The van der Waals surface area contributed by atoms with E-state index in [1.807, 2.05) is 12.1 Å². The highest BCUT2D eigenvalue weighted by molar-refractivity contribution is 6.13. The zero-order chi connectivity index (χ0) is 26.0. The molecule has 0 aromatic heterocycles. The van der Waals surface area contributed by atoms with E-state index in [1.165, 1.54) is 42.5 Å². The van der Waals surface area contributed by atoms with Crippen molar-refractivity contribution in [1.82, 2.24) is 0 Å². The van der Waals surface area contributed by atoms with Crippen molar-refractivity contribution in [3.8, 4) is 11.5 Å². The van der Waals surface area contributed by atoms with Crippen LogP contribution >= 0.6 is 0 Å². The van der Waals surface area contributed by atoms with E-state index in [4.69, 9.17) is 9.47 Å². The summed E-state index contributed by atoms with van der Waals surface area (Å²) >= 11 is 0. The number of ether oxygens (including phenoxy) is 2. The molecule has 0 atom stereocenters. The van der Waals surface area contributed by atoms with Crippen LogP contribution in [-0.4, -0.2) is 21.7 Å². The topological polar surface area (TPSA) is 134 Å². The molecule has 0 radical (unpaired) electrons. The molecule has 3 aromatic rings. The third kappa shape index (κ3) is 5.27. The lowest BCUT2D eigenvalue weighted by Gasteiger charge is -2.19. The third-order valence-corrected chi connectivity index (χ3v) is 5.36. The summed E-state index contributed by atoms with van der Waals surface area (Å²) in [7, 11) is 0. The Morgan fingerprint density at radius 3 is 2.31 bits per heavy atom.